The molecule has 0 spiro atoms. The van der Waals surface area contributed by atoms with Crippen molar-refractivity contribution in [2.45, 2.75) is 25.4 Å². The predicted molar refractivity (Wildman–Crippen MR) is 138 cm³/mol. The third-order valence-electron chi connectivity index (χ3n) is 7.43. The number of aromatic nitrogens is 1. The molecule has 2 aliphatic rings. The maximum Gasteiger partial charge on any atom is 0.254 e. The molecule has 5 nitrogen and oxygen atoms in total. The first kappa shape index (κ1) is 25.0. The smallest absolute Gasteiger partial charge is 0.254 e. The Morgan fingerprint density at radius 3 is 2.41 bits per heavy atom. The molecule has 0 radical (unpaired) electrons. The Hall–Kier alpha value is -3.64. The summed E-state index contributed by atoms with van der Waals surface area (Å²) in [7, 11) is 3.37. The number of rotatable bonds is 5. The molecule has 1 amide bonds. The zero-order valence-corrected chi connectivity index (χ0v) is 22.6. The Labute approximate surface area is 228 Å². The summed E-state index contributed by atoms with van der Waals surface area (Å²) >= 11 is 0. The Kier molecular flexibility index (Phi) is 7.02. The largest absolute Gasteiger partial charge is 1.00 e. The van der Waals surface area contributed by atoms with Crippen molar-refractivity contribution < 1.29 is 35.8 Å². The molecule has 6 rings (SSSR count). The van der Waals surface area contributed by atoms with Gasteiger partial charge in [0.2, 0.25) is 0 Å². The molecule has 0 saturated heterocycles. The molecule has 1 atom stereocenters. The van der Waals surface area contributed by atoms with Crippen molar-refractivity contribution in [3.63, 3.8) is 0 Å². The average molecular weight is 557 g/mol. The van der Waals surface area contributed by atoms with Crippen LogP contribution in [-0.2, 0) is 19.4 Å². The van der Waals surface area contributed by atoms with Crippen LogP contribution in [0.1, 0.15) is 38.7 Å². The quantitative estimate of drug-likeness (QED) is 0.353. The van der Waals surface area contributed by atoms with E-state index in [1.807, 2.05) is 47.6 Å². The minimum atomic E-state index is -0.0393. The number of nitrogens with zero attached hydrogens (tertiary/aromatic N) is 2. The fraction of sp³-hybridized carbons (Fsp3) is 0.226. The fourth-order valence-electron chi connectivity index (χ4n) is 5.74. The summed E-state index contributed by atoms with van der Waals surface area (Å²) in [5, 5.41) is 0. The van der Waals surface area contributed by atoms with Crippen LogP contribution in [0.25, 0.3) is 11.1 Å². The first-order chi connectivity index (χ1) is 17.7. The summed E-state index contributed by atoms with van der Waals surface area (Å²) in [6, 6.07) is 24.7. The lowest BCUT2D eigenvalue weighted by Gasteiger charge is -2.42. The number of methoxy groups -OCH3 is 2. The number of carbonyl (C=O) groups excluding carboxylic acids is 1. The highest BCUT2D eigenvalue weighted by atomic mass is 79.9. The summed E-state index contributed by atoms with van der Waals surface area (Å²) < 4.78 is 13.7. The number of amides is 1. The molecule has 188 valence electrons. The first-order valence-corrected chi connectivity index (χ1v) is 12.4. The molecule has 0 bridgehead atoms. The van der Waals surface area contributed by atoms with Gasteiger partial charge in [-0.2, -0.15) is 0 Å². The lowest BCUT2D eigenvalue weighted by molar-refractivity contribution is -0.688. The van der Waals surface area contributed by atoms with E-state index in [1.165, 1.54) is 22.3 Å². The number of benzene rings is 3. The summed E-state index contributed by atoms with van der Waals surface area (Å²) in [4.78, 5) is 15.9. The third-order valence-corrected chi connectivity index (χ3v) is 7.43. The number of hydrogen-bond acceptors (Lipinski definition) is 3. The Morgan fingerprint density at radius 1 is 0.946 bits per heavy atom. The highest BCUT2D eigenvalue weighted by molar-refractivity contribution is 5.95. The SMILES string of the molecule is COc1cc2c3c(c1OC)-c1ccccc1CC3N(C(=O)c1cc[n+](Cc3ccccc3)cc1)CC2.[Br-]. The molecule has 1 aromatic heterocycles. The summed E-state index contributed by atoms with van der Waals surface area (Å²) in [5.74, 6) is 1.55. The molecular weight excluding hydrogens is 528 g/mol. The molecule has 0 saturated carbocycles. The van der Waals surface area contributed by atoms with Crippen LogP contribution >= 0.6 is 0 Å². The average Bonchev–Trinajstić information content (AvgIpc) is 2.93. The van der Waals surface area contributed by atoms with Crippen LogP contribution < -0.4 is 31.0 Å². The van der Waals surface area contributed by atoms with Crippen LogP contribution in [-0.4, -0.2) is 31.6 Å². The van der Waals surface area contributed by atoms with E-state index in [4.69, 9.17) is 9.47 Å². The Bertz CT molecular complexity index is 1440. The van der Waals surface area contributed by atoms with Crippen molar-refractivity contribution in [3.05, 3.63) is 113 Å². The molecule has 37 heavy (non-hydrogen) atoms. The van der Waals surface area contributed by atoms with Crippen LogP contribution in [0, 0.1) is 0 Å². The standard InChI is InChI=1S/C31H29N2O3.BrH/c1-35-27-19-24-14-17-33(26-18-23-10-6-7-11-25(23)29(28(24)26)30(27)36-2)31(34)22-12-15-32(16-13-22)20-21-8-4-3-5-9-21;/h3-13,15-16,19,26H,14,17-18,20H2,1-2H3;1H/q+1;/p-1. The van der Waals surface area contributed by atoms with Crippen LogP contribution in [0.5, 0.6) is 11.5 Å². The minimum absolute atomic E-state index is 0. The monoisotopic (exact) mass is 556 g/mol. The zero-order valence-electron chi connectivity index (χ0n) is 21.0. The molecule has 1 unspecified atom stereocenters. The maximum atomic E-state index is 13.8. The van der Waals surface area contributed by atoms with Crippen molar-refractivity contribution in [3.8, 4) is 22.6 Å². The second-order valence-electron chi connectivity index (χ2n) is 9.43. The number of hydrogen-bond donors (Lipinski definition) is 0. The summed E-state index contributed by atoms with van der Waals surface area (Å²) in [6.45, 7) is 1.45. The van der Waals surface area contributed by atoms with Gasteiger partial charge in [0.1, 0.15) is 0 Å². The van der Waals surface area contributed by atoms with E-state index in [1.54, 1.807) is 14.2 Å². The normalized spacial score (nSPS) is 15.2. The van der Waals surface area contributed by atoms with Gasteiger partial charge >= 0.3 is 0 Å². The predicted octanol–water partition coefficient (Wildman–Crippen LogP) is 2.01. The Morgan fingerprint density at radius 2 is 1.68 bits per heavy atom. The summed E-state index contributed by atoms with van der Waals surface area (Å²) in [5.41, 5.74) is 7.82. The van der Waals surface area contributed by atoms with Gasteiger partial charge in [-0.15, -0.1) is 0 Å². The van der Waals surface area contributed by atoms with Gasteiger partial charge in [-0.25, -0.2) is 4.57 Å². The van der Waals surface area contributed by atoms with E-state index < -0.39 is 0 Å². The van der Waals surface area contributed by atoms with Crippen molar-refractivity contribution in [2.75, 3.05) is 20.8 Å². The molecule has 0 fully saturated rings. The van der Waals surface area contributed by atoms with Gasteiger partial charge in [0, 0.05) is 29.8 Å². The van der Waals surface area contributed by atoms with E-state index in [9.17, 15) is 4.79 Å². The highest BCUT2D eigenvalue weighted by Crippen LogP contribution is 2.52. The highest BCUT2D eigenvalue weighted by Gasteiger charge is 2.39. The molecule has 1 aliphatic heterocycles. The fourth-order valence-corrected chi connectivity index (χ4v) is 5.74. The third kappa shape index (κ3) is 4.40. The van der Waals surface area contributed by atoms with Crippen LogP contribution in [0.15, 0.2) is 85.2 Å². The van der Waals surface area contributed by atoms with Crippen molar-refractivity contribution >= 4 is 5.91 Å². The van der Waals surface area contributed by atoms with Gasteiger partial charge < -0.3 is 31.4 Å². The second-order valence-corrected chi connectivity index (χ2v) is 9.43. The number of fused-ring (bicyclic) bond motifs is 2. The van der Waals surface area contributed by atoms with Gasteiger partial charge in [0.25, 0.3) is 5.91 Å². The van der Waals surface area contributed by atoms with Gasteiger partial charge in [0.05, 0.1) is 25.8 Å². The van der Waals surface area contributed by atoms with E-state index in [0.717, 1.165) is 42.0 Å². The number of carbonyl (C=O) groups is 1. The van der Waals surface area contributed by atoms with Crippen molar-refractivity contribution in [1.82, 2.24) is 4.90 Å². The molecule has 6 heteroatoms. The maximum absolute atomic E-state index is 13.8. The molecular formula is C31H29BrN2O3. The zero-order chi connectivity index (χ0) is 24.6. The molecule has 3 aromatic carbocycles. The summed E-state index contributed by atoms with van der Waals surface area (Å²) in [6.07, 6.45) is 5.56. The van der Waals surface area contributed by atoms with E-state index in [0.29, 0.717) is 12.1 Å². The Balaban J connectivity index is 0.00000280. The van der Waals surface area contributed by atoms with Crippen LogP contribution in [0.3, 0.4) is 0 Å². The van der Waals surface area contributed by atoms with E-state index in [-0.39, 0.29) is 28.9 Å². The first-order valence-electron chi connectivity index (χ1n) is 12.4. The van der Waals surface area contributed by atoms with Gasteiger partial charge in [-0.1, -0.05) is 54.6 Å². The lowest BCUT2D eigenvalue weighted by Crippen LogP contribution is -3.00. The van der Waals surface area contributed by atoms with Gasteiger partial charge in [0.15, 0.2) is 30.4 Å². The molecule has 2 heterocycles. The molecule has 4 aromatic rings. The van der Waals surface area contributed by atoms with Gasteiger partial charge in [-0.3, -0.25) is 4.79 Å². The number of halogens is 1. The van der Waals surface area contributed by atoms with Crippen LogP contribution in [0.4, 0.5) is 0 Å². The number of ether oxygens (including phenoxy) is 2. The molecule has 0 N–H and O–H groups in total. The van der Waals surface area contributed by atoms with Crippen molar-refractivity contribution in [1.29, 1.82) is 0 Å². The number of pyridine rings is 1. The van der Waals surface area contributed by atoms with Crippen molar-refractivity contribution in [2.24, 2.45) is 0 Å². The van der Waals surface area contributed by atoms with E-state index in [2.05, 4.69) is 47.0 Å². The van der Waals surface area contributed by atoms with Crippen LogP contribution in [0.2, 0.25) is 0 Å². The minimum Gasteiger partial charge on any atom is -1.00 e. The van der Waals surface area contributed by atoms with E-state index >= 15 is 0 Å². The second kappa shape index (κ2) is 10.4. The lowest BCUT2D eigenvalue weighted by atomic mass is 9.76. The van der Waals surface area contributed by atoms with Gasteiger partial charge in [-0.05, 0) is 41.2 Å². The topological polar surface area (TPSA) is 42.7 Å². The molecule has 1 aliphatic carbocycles.